The van der Waals surface area contributed by atoms with Gasteiger partial charge in [-0.1, -0.05) is 53.2 Å². The van der Waals surface area contributed by atoms with Crippen molar-refractivity contribution < 1.29 is 9.32 Å². The molecule has 1 amide bonds. The van der Waals surface area contributed by atoms with Crippen molar-refractivity contribution in [3.63, 3.8) is 0 Å². The molecule has 8 heteroatoms. The topological polar surface area (TPSA) is 87.9 Å². The molecule has 30 heavy (non-hydrogen) atoms. The number of anilines is 1. The van der Waals surface area contributed by atoms with E-state index in [-0.39, 0.29) is 11.8 Å². The van der Waals surface area contributed by atoms with Crippen LogP contribution in [0.4, 0.5) is 5.69 Å². The van der Waals surface area contributed by atoms with Crippen LogP contribution in [0.25, 0.3) is 22.8 Å². The molecule has 0 radical (unpaired) electrons. The first-order valence-electron chi connectivity index (χ1n) is 9.60. The summed E-state index contributed by atoms with van der Waals surface area (Å²) in [6.45, 7) is 2.39. The fraction of sp³-hybridized carbons (Fsp3) is 0.182. The molecule has 150 valence electrons. The molecular weight excluding hydrogens is 402 g/mol. The summed E-state index contributed by atoms with van der Waals surface area (Å²) in [5, 5.41) is 12.0. The van der Waals surface area contributed by atoms with E-state index in [2.05, 4.69) is 20.3 Å². The Hall–Kier alpha value is -3.45. The van der Waals surface area contributed by atoms with Gasteiger partial charge in [-0.3, -0.25) is 9.89 Å². The van der Waals surface area contributed by atoms with Gasteiger partial charge >= 0.3 is 0 Å². The molecule has 0 saturated carbocycles. The second kappa shape index (κ2) is 7.42. The molecule has 1 saturated heterocycles. The van der Waals surface area contributed by atoms with Crippen LogP contribution in [0.5, 0.6) is 0 Å². The van der Waals surface area contributed by atoms with Crippen LogP contribution in [-0.4, -0.2) is 32.8 Å². The van der Waals surface area contributed by atoms with E-state index in [1.54, 1.807) is 4.90 Å². The zero-order valence-corrected chi connectivity index (χ0v) is 16.9. The minimum absolute atomic E-state index is 0.0182. The SMILES string of the molecule is Cc1c(Cl)cccc1N1CC(c2noc(-c3cc(-c4ccccc4)n[nH]3)n2)CC1=O. The van der Waals surface area contributed by atoms with Crippen molar-refractivity contribution in [2.24, 2.45) is 0 Å². The first-order valence-corrected chi connectivity index (χ1v) is 9.98. The molecule has 1 unspecified atom stereocenters. The molecule has 0 spiro atoms. The summed E-state index contributed by atoms with van der Waals surface area (Å²) >= 11 is 6.22. The molecule has 3 heterocycles. The number of carbonyl (C=O) groups is 1. The average molecular weight is 420 g/mol. The normalized spacial score (nSPS) is 16.4. The van der Waals surface area contributed by atoms with Crippen LogP contribution in [0.15, 0.2) is 59.1 Å². The number of rotatable bonds is 4. The van der Waals surface area contributed by atoms with E-state index in [9.17, 15) is 4.79 Å². The Balaban J connectivity index is 1.37. The fourth-order valence-electron chi connectivity index (χ4n) is 3.70. The summed E-state index contributed by atoms with van der Waals surface area (Å²) in [5.74, 6) is 0.732. The van der Waals surface area contributed by atoms with E-state index in [4.69, 9.17) is 16.1 Å². The quantitative estimate of drug-likeness (QED) is 0.522. The van der Waals surface area contributed by atoms with Gasteiger partial charge in [-0.2, -0.15) is 10.1 Å². The van der Waals surface area contributed by atoms with E-state index >= 15 is 0 Å². The zero-order valence-electron chi connectivity index (χ0n) is 16.2. The maximum Gasteiger partial charge on any atom is 0.275 e. The van der Waals surface area contributed by atoms with Crippen molar-refractivity contribution in [2.45, 2.75) is 19.3 Å². The molecule has 7 nitrogen and oxygen atoms in total. The minimum atomic E-state index is -0.148. The lowest BCUT2D eigenvalue weighted by molar-refractivity contribution is -0.117. The molecule has 1 N–H and O–H groups in total. The number of aromatic nitrogens is 4. The smallest absolute Gasteiger partial charge is 0.275 e. The summed E-state index contributed by atoms with van der Waals surface area (Å²) < 4.78 is 5.45. The van der Waals surface area contributed by atoms with Gasteiger partial charge in [0.15, 0.2) is 5.82 Å². The number of nitrogens with zero attached hydrogens (tertiary/aromatic N) is 4. The molecule has 2 aromatic heterocycles. The predicted octanol–water partition coefficient (Wildman–Crippen LogP) is 4.61. The number of carbonyl (C=O) groups excluding carboxylic acids is 1. The summed E-state index contributed by atoms with van der Waals surface area (Å²) in [5.41, 5.74) is 4.13. The van der Waals surface area contributed by atoms with Gasteiger partial charge in [0.05, 0.1) is 5.69 Å². The highest BCUT2D eigenvalue weighted by molar-refractivity contribution is 6.31. The number of nitrogens with one attached hydrogen (secondary N) is 1. The Kier molecular flexibility index (Phi) is 4.59. The average Bonchev–Trinajstić information content (AvgIpc) is 3.50. The Bertz CT molecular complexity index is 1220. The minimum Gasteiger partial charge on any atom is -0.332 e. The van der Waals surface area contributed by atoms with Gasteiger partial charge in [-0.15, -0.1) is 0 Å². The second-order valence-corrected chi connectivity index (χ2v) is 7.69. The molecule has 0 aliphatic carbocycles. The second-order valence-electron chi connectivity index (χ2n) is 7.28. The summed E-state index contributed by atoms with van der Waals surface area (Å²) in [6.07, 6.45) is 0.323. The van der Waals surface area contributed by atoms with Crippen LogP contribution in [0.1, 0.15) is 23.7 Å². The van der Waals surface area contributed by atoms with Crippen molar-refractivity contribution in [3.8, 4) is 22.8 Å². The maximum absolute atomic E-state index is 12.6. The van der Waals surface area contributed by atoms with Gasteiger partial charge < -0.3 is 9.42 Å². The van der Waals surface area contributed by atoms with Crippen LogP contribution in [0.2, 0.25) is 5.02 Å². The number of benzene rings is 2. The van der Waals surface area contributed by atoms with Crippen molar-refractivity contribution >= 4 is 23.2 Å². The molecule has 1 fully saturated rings. The summed E-state index contributed by atoms with van der Waals surface area (Å²) in [4.78, 5) is 18.9. The van der Waals surface area contributed by atoms with Crippen LogP contribution in [-0.2, 0) is 4.79 Å². The Morgan fingerprint density at radius 2 is 2.00 bits per heavy atom. The van der Waals surface area contributed by atoms with Crippen molar-refractivity contribution in [3.05, 3.63) is 71.0 Å². The van der Waals surface area contributed by atoms with Gasteiger partial charge in [-0.05, 0) is 30.7 Å². The van der Waals surface area contributed by atoms with Gasteiger partial charge in [0.2, 0.25) is 5.91 Å². The highest BCUT2D eigenvalue weighted by atomic mass is 35.5. The Morgan fingerprint density at radius 3 is 2.83 bits per heavy atom. The van der Waals surface area contributed by atoms with Crippen molar-refractivity contribution in [2.75, 3.05) is 11.4 Å². The van der Waals surface area contributed by atoms with E-state index < -0.39 is 0 Å². The molecule has 5 rings (SSSR count). The lowest BCUT2D eigenvalue weighted by atomic mass is 10.1. The molecule has 0 bridgehead atoms. The first-order chi connectivity index (χ1) is 14.6. The number of hydrogen-bond donors (Lipinski definition) is 1. The molecule has 1 aliphatic rings. The van der Waals surface area contributed by atoms with E-state index in [1.807, 2.05) is 61.5 Å². The highest BCUT2D eigenvalue weighted by Crippen LogP contribution is 2.35. The zero-order chi connectivity index (χ0) is 20.7. The Morgan fingerprint density at radius 1 is 1.17 bits per heavy atom. The number of H-pyrrole nitrogens is 1. The summed E-state index contributed by atoms with van der Waals surface area (Å²) in [7, 11) is 0. The van der Waals surface area contributed by atoms with Crippen LogP contribution in [0.3, 0.4) is 0 Å². The molecule has 2 aromatic carbocycles. The maximum atomic E-state index is 12.6. The molecule has 4 aromatic rings. The monoisotopic (exact) mass is 419 g/mol. The van der Waals surface area contributed by atoms with E-state index in [1.165, 1.54) is 0 Å². The van der Waals surface area contributed by atoms with Gasteiger partial charge in [0.25, 0.3) is 5.89 Å². The lowest BCUT2D eigenvalue weighted by Crippen LogP contribution is -2.25. The van der Waals surface area contributed by atoms with E-state index in [0.717, 1.165) is 22.5 Å². The van der Waals surface area contributed by atoms with Gasteiger partial charge in [0.1, 0.15) is 5.69 Å². The molecule has 1 aliphatic heterocycles. The van der Waals surface area contributed by atoms with Crippen LogP contribution < -0.4 is 4.90 Å². The van der Waals surface area contributed by atoms with Crippen LogP contribution in [0, 0.1) is 6.92 Å². The van der Waals surface area contributed by atoms with Crippen LogP contribution >= 0.6 is 11.6 Å². The number of halogens is 1. The first kappa shape index (κ1) is 18.6. The highest BCUT2D eigenvalue weighted by Gasteiger charge is 2.35. The summed E-state index contributed by atoms with van der Waals surface area (Å²) in [6, 6.07) is 17.3. The fourth-order valence-corrected chi connectivity index (χ4v) is 3.87. The Labute approximate surface area is 177 Å². The van der Waals surface area contributed by atoms with E-state index in [0.29, 0.717) is 35.4 Å². The standard InChI is InChI=1S/C22H18ClN5O2/c1-13-16(23)8-5-9-19(13)28-12-15(10-20(28)29)21-24-22(30-27-21)18-11-17(25-26-18)14-6-3-2-4-7-14/h2-9,11,15H,10,12H2,1H3,(H,25,26). The predicted molar refractivity (Wildman–Crippen MR) is 113 cm³/mol. The third-order valence-electron chi connectivity index (χ3n) is 5.34. The third-order valence-corrected chi connectivity index (χ3v) is 5.75. The number of hydrogen-bond acceptors (Lipinski definition) is 5. The van der Waals surface area contributed by atoms with Crippen molar-refractivity contribution in [1.29, 1.82) is 0 Å². The molecular formula is C22H18ClN5O2. The largest absolute Gasteiger partial charge is 0.332 e. The molecule has 1 atom stereocenters. The van der Waals surface area contributed by atoms with Gasteiger partial charge in [-0.25, -0.2) is 0 Å². The van der Waals surface area contributed by atoms with Gasteiger partial charge in [0, 0.05) is 35.2 Å². The number of aromatic amines is 1. The number of amides is 1. The lowest BCUT2D eigenvalue weighted by Gasteiger charge is -2.19. The third kappa shape index (κ3) is 3.27. The van der Waals surface area contributed by atoms with Crippen molar-refractivity contribution in [1.82, 2.24) is 20.3 Å².